The third kappa shape index (κ3) is 5.57. The van der Waals surface area contributed by atoms with E-state index >= 15 is 0 Å². The summed E-state index contributed by atoms with van der Waals surface area (Å²) in [6.07, 6.45) is 1.03. The lowest BCUT2D eigenvalue weighted by molar-refractivity contribution is 0.348. The lowest BCUT2D eigenvalue weighted by Gasteiger charge is -2.41. The number of hydrogen-bond acceptors (Lipinski definition) is 1. The number of rotatable bonds is 1. The summed E-state index contributed by atoms with van der Waals surface area (Å²) in [4.78, 5) is 2.73. The molecule has 0 radical (unpaired) electrons. The van der Waals surface area contributed by atoms with Crippen molar-refractivity contribution in [1.29, 1.82) is 0 Å². The zero-order chi connectivity index (χ0) is 43.8. The standard InChI is InChI=1S/C60H67N/c1-54(2,3)35-21-24-42-45(27-35)59(13,14)48-29-37-31-50(52(42)48)61(39-23-26-41-40-19-17-18-20-44(40)58(11,12)47(41)33-39)51-32-38(57(9,10)34-56(37,7)8)30-49-53(51)43-25-22-36(55(4,5)6)28-46(43)60(49,15)16/h17-33H,34H2,1-16H3. The Balaban J connectivity index is 1.37. The van der Waals surface area contributed by atoms with Crippen LogP contribution in [0.15, 0.2) is 103 Å². The van der Waals surface area contributed by atoms with E-state index in [9.17, 15) is 0 Å². The summed E-state index contributed by atoms with van der Waals surface area (Å²) in [6, 6.07) is 41.7. The Morgan fingerprint density at radius 2 is 0.803 bits per heavy atom. The number of benzene rings is 6. The van der Waals surface area contributed by atoms with Gasteiger partial charge >= 0.3 is 0 Å². The highest BCUT2D eigenvalue weighted by Crippen LogP contribution is 2.62. The maximum atomic E-state index is 2.73. The second-order valence-electron chi connectivity index (χ2n) is 24.3. The van der Waals surface area contributed by atoms with Crippen molar-refractivity contribution in [2.75, 3.05) is 4.90 Å². The van der Waals surface area contributed by atoms with Crippen molar-refractivity contribution in [3.05, 3.63) is 159 Å². The summed E-state index contributed by atoms with van der Waals surface area (Å²) in [5.41, 5.74) is 25.6. The third-order valence-electron chi connectivity index (χ3n) is 16.0. The lowest BCUT2D eigenvalue weighted by Crippen LogP contribution is -2.32. The van der Waals surface area contributed by atoms with E-state index in [1.807, 2.05) is 0 Å². The highest BCUT2D eigenvalue weighted by atomic mass is 15.2. The fourth-order valence-electron chi connectivity index (χ4n) is 12.3. The van der Waals surface area contributed by atoms with Crippen molar-refractivity contribution in [1.82, 2.24) is 0 Å². The van der Waals surface area contributed by atoms with Gasteiger partial charge in [-0.3, -0.25) is 0 Å². The minimum absolute atomic E-state index is 0.0507. The van der Waals surface area contributed by atoms with Gasteiger partial charge in [0.15, 0.2) is 0 Å². The summed E-state index contributed by atoms with van der Waals surface area (Å²) >= 11 is 0. The topological polar surface area (TPSA) is 3.24 Å². The van der Waals surface area contributed by atoms with Gasteiger partial charge in [0.2, 0.25) is 0 Å². The molecule has 4 bridgehead atoms. The Labute approximate surface area is 367 Å². The SMILES string of the molecule is CC(C)(C)c1ccc2c(c1)C(C)(C)c1cc3cc(c1-2)N(c1ccc2c(c1)C(C)(C)c1ccccc1-2)c1cc(cc2c1-c1ccc(C(C)(C)C)cc1C2(C)C)C(C)(C)CC3(C)C. The normalized spacial score (nSPS) is 19.0. The van der Waals surface area contributed by atoms with Crippen molar-refractivity contribution in [3.63, 3.8) is 0 Å². The Morgan fingerprint density at radius 3 is 1.28 bits per heavy atom. The highest BCUT2D eigenvalue weighted by molar-refractivity contribution is 6.01. The van der Waals surface area contributed by atoms with Crippen LogP contribution in [0.3, 0.4) is 0 Å². The summed E-state index contributed by atoms with van der Waals surface area (Å²) in [6.45, 7) is 38.8. The van der Waals surface area contributed by atoms with Gasteiger partial charge in [-0.25, -0.2) is 0 Å². The van der Waals surface area contributed by atoms with E-state index < -0.39 is 0 Å². The van der Waals surface area contributed by atoms with Crippen LogP contribution in [0, 0.1) is 0 Å². The summed E-state index contributed by atoms with van der Waals surface area (Å²) < 4.78 is 0. The summed E-state index contributed by atoms with van der Waals surface area (Å²) in [7, 11) is 0. The van der Waals surface area contributed by atoms with Crippen LogP contribution in [0.5, 0.6) is 0 Å². The number of fused-ring (bicyclic) bond motifs is 15. The van der Waals surface area contributed by atoms with Gasteiger partial charge in [-0.2, -0.15) is 0 Å². The monoisotopic (exact) mass is 802 g/mol. The molecular weight excluding hydrogens is 735 g/mol. The molecule has 10 rings (SSSR count). The molecule has 0 spiro atoms. The minimum atomic E-state index is -0.179. The maximum absolute atomic E-state index is 2.73. The molecule has 0 atom stereocenters. The second kappa shape index (κ2) is 12.2. The van der Waals surface area contributed by atoms with Crippen molar-refractivity contribution < 1.29 is 0 Å². The van der Waals surface area contributed by atoms with Crippen LogP contribution >= 0.6 is 0 Å². The van der Waals surface area contributed by atoms with Crippen LogP contribution in [0.1, 0.15) is 173 Å². The molecule has 1 heterocycles. The molecule has 0 saturated heterocycles. The Hall–Kier alpha value is -4.88. The van der Waals surface area contributed by atoms with E-state index in [0.29, 0.717) is 0 Å². The number of anilines is 3. The average molecular weight is 802 g/mol. The van der Waals surface area contributed by atoms with Crippen molar-refractivity contribution in [3.8, 4) is 33.4 Å². The molecule has 312 valence electrons. The molecule has 1 nitrogen and oxygen atoms in total. The van der Waals surface area contributed by atoms with E-state index in [2.05, 4.69) is 219 Å². The first kappa shape index (κ1) is 40.2. The van der Waals surface area contributed by atoms with Crippen LogP contribution in [-0.2, 0) is 37.9 Å². The molecule has 6 aromatic carbocycles. The van der Waals surface area contributed by atoms with E-state index in [-0.39, 0.29) is 37.9 Å². The minimum Gasteiger partial charge on any atom is -0.309 e. The number of nitrogens with zero attached hydrogens (tertiary/aromatic N) is 1. The van der Waals surface area contributed by atoms with E-state index in [0.717, 1.165) is 6.42 Å². The van der Waals surface area contributed by atoms with Gasteiger partial charge in [-0.15, -0.1) is 0 Å². The molecule has 61 heavy (non-hydrogen) atoms. The first-order valence-electron chi connectivity index (χ1n) is 23.0. The van der Waals surface area contributed by atoms with Gasteiger partial charge in [0.25, 0.3) is 0 Å². The van der Waals surface area contributed by atoms with Gasteiger partial charge in [0, 0.05) is 33.1 Å². The van der Waals surface area contributed by atoms with Crippen molar-refractivity contribution >= 4 is 17.1 Å². The molecule has 0 fully saturated rings. The van der Waals surface area contributed by atoms with Gasteiger partial charge in [0.05, 0.1) is 11.4 Å². The maximum Gasteiger partial charge on any atom is 0.0546 e. The molecule has 1 heteroatoms. The van der Waals surface area contributed by atoms with Gasteiger partial charge in [-0.1, -0.05) is 190 Å². The Bertz CT molecular complexity index is 2730. The van der Waals surface area contributed by atoms with Crippen molar-refractivity contribution in [2.45, 2.75) is 155 Å². The van der Waals surface area contributed by atoms with Crippen LogP contribution < -0.4 is 4.90 Å². The van der Waals surface area contributed by atoms with Crippen LogP contribution in [0.2, 0.25) is 0 Å². The highest BCUT2D eigenvalue weighted by Gasteiger charge is 2.46. The Morgan fingerprint density at radius 1 is 0.393 bits per heavy atom. The fraction of sp³-hybridized carbons (Fsp3) is 0.400. The van der Waals surface area contributed by atoms with Crippen molar-refractivity contribution in [2.24, 2.45) is 0 Å². The van der Waals surface area contributed by atoms with Gasteiger partial charge in [-0.05, 0) is 130 Å². The van der Waals surface area contributed by atoms with Crippen LogP contribution in [0.25, 0.3) is 33.4 Å². The first-order valence-corrected chi connectivity index (χ1v) is 23.0. The number of hydrogen-bond donors (Lipinski definition) is 0. The molecule has 0 unspecified atom stereocenters. The molecule has 3 aliphatic carbocycles. The molecule has 0 N–H and O–H groups in total. The smallest absolute Gasteiger partial charge is 0.0546 e. The molecule has 0 amide bonds. The summed E-state index contributed by atoms with van der Waals surface area (Å²) in [5, 5.41) is 0. The fourth-order valence-corrected chi connectivity index (χ4v) is 12.3. The predicted molar refractivity (Wildman–Crippen MR) is 262 cm³/mol. The van der Waals surface area contributed by atoms with Gasteiger partial charge in [0.1, 0.15) is 0 Å². The molecule has 1 aliphatic heterocycles. The predicted octanol–water partition coefficient (Wildman–Crippen LogP) is 16.6. The zero-order valence-electron chi connectivity index (χ0n) is 40.0. The van der Waals surface area contributed by atoms with E-state index in [1.165, 1.54) is 106 Å². The lowest BCUT2D eigenvalue weighted by atomic mass is 9.66. The molecule has 0 aromatic heterocycles. The first-order chi connectivity index (χ1) is 28.2. The van der Waals surface area contributed by atoms with Crippen LogP contribution in [-0.4, -0.2) is 0 Å². The molecule has 6 aromatic rings. The zero-order valence-corrected chi connectivity index (χ0v) is 40.0. The average Bonchev–Trinajstić information content (AvgIpc) is 3.65. The molecule has 4 aliphatic rings. The molecule has 0 saturated carbocycles. The summed E-state index contributed by atoms with van der Waals surface area (Å²) in [5.74, 6) is 0. The van der Waals surface area contributed by atoms with Gasteiger partial charge < -0.3 is 4.90 Å². The quantitative estimate of drug-likeness (QED) is 0.160. The molecular formula is C60H67N. The van der Waals surface area contributed by atoms with Crippen LogP contribution in [0.4, 0.5) is 17.1 Å². The van der Waals surface area contributed by atoms with E-state index in [4.69, 9.17) is 0 Å². The van der Waals surface area contributed by atoms with E-state index in [1.54, 1.807) is 0 Å². The third-order valence-corrected chi connectivity index (χ3v) is 16.0. The largest absolute Gasteiger partial charge is 0.309 e. The second-order valence-corrected chi connectivity index (χ2v) is 24.3. The Kier molecular flexibility index (Phi) is 8.03.